The number of hydrogen-bond donors (Lipinski definition) is 2. The zero-order valence-corrected chi connectivity index (χ0v) is 18.9. The summed E-state index contributed by atoms with van der Waals surface area (Å²) in [6.45, 7) is 0. The average Bonchev–Trinajstić information content (AvgIpc) is 2.79. The summed E-state index contributed by atoms with van der Waals surface area (Å²) >= 11 is 0. The van der Waals surface area contributed by atoms with Crippen molar-refractivity contribution in [3.63, 3.8) is 0 Å². The highest BCUT2D eigenvalue weighted by Gasteiger charge is 2.34. The van der Waals surface area contributed by atoms with Crippen molar-refractivity contribution in [2.45, 2.75) is 43.9 Å². The Hall–Kier alpha value is -3.36. The van der Waals surface area contributed by atoms with E-state index >= 15 is 0 Å². The van der Waals surface area contributed by atoms with Crippen LogP contribution in [0.1, 0.15) is 41.7 Å². The van der Waals surface area contributed by atoms with Crippen LogP contribution < -0.4 is 15.5 Å². The number of hydrogen-bond acceptors (Lipinski definition) is 4. The van der Waals surface area contributed by atoms with Gasteiger partial charge in [0, 0.05) is 48.5 Å². The van der Waals surface area contributed by atoms with Crippen LogP contribution in [0.25, 0.3) is 10.9 Å². The maximum absolute atomic E-state index is 13.9. The van der Waals surface area contributed by atoms with E-state index in [4.69, 9.17) is 0 Å². The molecule has 1 saturated carbocycles. The molecule has 1 aromatic heterocycles. The van der Waals surface area contributed by atoms with Crippen molar-refractivity contribution in [1.82, 2.24) is 10.3 Å². The molecule has 5 nitrogen and oxygen atoms in total. The third kappa shape index (κ3) is 5.40. The number of amides is 1. The van der Waals surface area contributed by atoms with Gasteiger partial charge in [0.25, 0.3) is 5.91 Å². The van der Waals surface area contributed by atoms with E-state index in [1.165, 1.54) is 12.1 Å². The average molecular weight is 475 g/mol. The molecule has 1 amide bonds. The molecule has 2 aromatic carbocycles. The highest BCUT2D eigenvalue weighted by atomic mass is 19.4. The maximum atomic E-state index is 13.9. The number of halogens is 4. The number of fused-ring (bicyclic) bond motifs is 1. The van der Waals surface area contributed by atoms with Gasteiger partial charge in [-0.05, 0) is 56.0 Å². The zero-order chi connectivity index (χ0) is 24.5. The Kier molecular flexibility index (Phi) is 6.63. The van der Waals surface area contributed by atoms with E-state index in [1.807, 2.05) is 0 Å². The van der Waals surface area contributed by atoms with Gasteiger partial charge in [-0.3, -0.25) is 4.79 Å². The number of para-hydroxylation sites is 1. The van der Waals surface area contributed by atoms with Crippen molar-refractivity contribution in [2.75, 3.05) is 24.3 Å². The lowest BCUT2D eigenvalue weighted by atomic mass is 9.90. The Balaban J connectivity index is 1.41. The fourth-order valence-corrected chi connectivity index (χ4v) is 4.27. The number of aromatic nitrogens is 1. The predicted octanol–water partition coefficient (Wildman–Crippen LogP) is 5.61. The largest absolute Gasteiger partial charge is 0.433 e. The van der Waals surface area contributed by atoms with Crippen molar-refractivity contribution in [3.8, 4) is 0 Å². The fraction of sp³-hybridized carbons (Fsp3) is 0.360. The number of rotatable bonds is 5. The van der Waals surface area contributed by atoms with Gasteiger partial charge in [-0.1, -0.05) is 18.2 Å². The maximum Gasteiger partial charge on any atom is 0.433 e. The van der Waals surface area contributed by atoms with Gasteiger partial charge in [0.15, 0.2) is 0 Å². The molecule has 1 fully saturated rings. The molecule has 0 bridgehead atoms. The number of anilines is 2. The molecule has 3 aromatic rings. The fourth-order valence-electron chi connectivity index (χ4n) is 4.27. The number of benzene rings is 2. The van der Waals surface area contributed by atoms with Gasteiger partial charge < -0.3 is 15.5 Å². The van der Waals surface area contributed by atoms with Gasteiger partial charge in [0.2, 0.25) is 0 Å². The first-order valence-corrected chi connectivity index (χ1v) is 11.1. The van der Waals surface area contributed by atoms with Crippen LogP contribution >= 0.6 is 0 Å². The predicted molar refractivity (Wildman–Crippen MR) is 125 cm³/mol. The van der Waals surface area contributed by atoms with Crippen LogP contribution in [0.3, 0.4) is 0 Å². The number of carbonyl (C=O) groups is 1. The molecule has 2 N–H and O–H groups in total. The summed E-state index contributed by atoms with van der Waals surface area (Å²) in [5, 5.41) is 6.86. The van der Waals surface area contributed by atoms with E-state index in [0.29, 0.717) is 42.4 Å². The highest BCUT2D eigenvalue weighted by Crippen LogP contribution is 2.34. The van der Waals surface area contributed by atoms with Gasteiger partial charge in [0.05, 0.1) is 5.52 Å². The second-order valence-corrected chi connectivity index (χ2v) is 8.83. The summed E-state index contributed by atoms with van der Waals surface area (Å²) in [7, 11) is 3.54. The molecule has 0 aliphatic heterocycles. The number of carbonyl (C=O) groups excluding carboxylic acids is 1. The van der Waals surface area contributed by atoms with Gasteiger partial charge in [-0.2, -0.15) is 13.2 Å². The van der Waals surface area contributed by atoms with Crippen molar-refractivity contribution >= 4 is 28.2 Å². The molecule has 1 heterocycles. The smallest absolute Gasteiger partial charge is 0.382 e. The monoisotopic (exact) mass is 474 g/mol. The summed E-state index contributed by atoms with van der Waals surface area (Å²) < 4.78 is 53.9. The summed E-state index contributed by atoms with van der Waals surface area (Å²) in [6.07, 6.45) is -1.86. The Bertz CT molecular complexity index is 1190. The SMILES string of the molecule is CN(C)c1cc(F)cc(C(=O)NC2CCC(Nc3cc(C(F)(F)F)nc4ccccc34)CC2)c1. The molecule has 34 heavy (non-hydrogen) atoms. The Morgan fingerprint density at radius 1 is 1.00 bits per heavy atom. The molecular formula is C25H26F4N4O. The van der Waals surface area contributed by atoms with E-state index in [2.05, 4.69) is 15.6 Å². The van der Waals surface area contributed by atoms with Crippen LogP contribution in [-0.2, 0) is 6.18 Å². The van der Waals surface area contributed by atoms with Crippen molar-refractivity contribution < 1.29 is 22.4 Å². The molecule has 0 saturated heterocycles. The number of nitrogens with one attached hydrogen (secondary N) is 2. The second-order valence-electron chi connectivity index (χ2n) is 8.83. The van der Waals surface area contributed by atoms with Crippen molar-refractivity contribution in [3.05, 3.63) is 65.6 Å². The molecule has 0 spiro atoms. The van der Waals surface area contributed by atoms with Gasteiger partial charge in [0.1, 0.15) is 11.5 Å². The van der Waals surface area contributed by atoms with E-state index in [1.54, 1.807) is 49.3 Å². The molecule has 180 valence electrons. The van der Waals surface area contributed by atoms with E-state index in [0.717, 1.165) is 6.07 Å². The highest BCUT2D eigenvalue weighted by molar-refractivity contribution is 5.95. The number of alkyl halides is 3. The molecule has 0 radical (unpaired) electrons. The van der Waals surface area contributed by atoms with Crippen LogP contribution in [0.15, 0.2) is 48.5 Å². The lowest BCUT2D eigenvalue weighted by Crippen LogP contribution is -2.40. The molecule has 1 aliphatic rings. The summed E-state index contributed by atoms with van der Waals surface area (Å²) in [5.41, 5.74) is 0.615. The normalized spacial score (nSPS) is 18.5. The molecule has 0 unspecified atom stereocenters. The lowest BCUT2D eigenvalue weighted by molar-refractivity contribution is -0.140. The van der Waals surface area contributed by atoms with E-state index in [9.17, 15) is 22.4 Å². The lowest BCUT2D eigenvalue weighted by Gasteiger charge is -2.31. The first-order valence-electron chi connectivity index (χ1n) is 11.1. The van der Waals surface area contributed by atoms with Gasteiger partial charge in [-0.15, -0.1) is 0 Å². The molecule has 0 atom stereocenters. The van der Waals surface area contributed by atoms with Crippen LogP contribution in [0, 0.1) is 5.82 Å². The molecular weight excluding hydrogens is 448 g/mol. The Labute approximate surface area is 195 Å². The molecule has 4 rings (SSSR count). The second kappa shape index (κ2) is 9.48. The van der Waals surface area contributed by atoms with Crippen molar-refractivity contribution in [1.29, 1.82) is 0 Å². The number of nitrogens with zero attached hydrogens (tertiary/aromatic N) is 2. The minimum atomic E-state index is -4.54. The quantitative estimate of drug-likeness (QED) is 0.472. The minimum absolute atomic E-state index is 0.0328. The standard InChI is InChI=1S/C25H26F4N4O/c1-33(2)19-12-15(11-16(26)13-19)24(34)31-18-9-7-17(8-10-18)30-22-14-23(25(27,28)29)32-21-6-4-3-5-20(21)22/h3-6,11-14,17-18H,7-10H2,1-2H3,(H,30,32)(H,31,34). The summed E-state index contributed by atoms with van der Waals surface area (Å²) in [5.74, 6) is -0.819. The molecule has 9 heteroatoms. The topological polar surface area (TPSA) is 57.3 Å². The zero-order valence-electron chi connectivity index (χ0n) is 18.9. The minimum Gasteiger partial charge on any atom is -0.382 e. The van der Waals surface area contributed by atoms with Gasteiger partial charge >= 0.3 is 6.18 Å². The number of pyridine rings is 1. The Morgan fingerprint density at radius 2 is 1.68 bits per heavy atom. The molecule has 1 aliphatic carbocycles. The van der Waals surface area contributed by atoms with Crippen molar-refractivity contribution in [2.24, 2.45) is 0 Å². The van der Waals surface area contributed by atoms with Crippen LogP contribution in [0.4, 0.5) is 28.9 Å². The third-order valence-electron chi connectivity index (χ3n) is 6.09. The Morgan fingerprint density at radius 3 is 2.35 bits per heavy atom. The van der Waals surface area contributed by atoms with Crippen LogP contribution in [0.5, 0.6) is 0 Å². The van der Waals surface area contributed by atoms with Crippen LogP contribution in [0.2, 0.25) is 0 Å². The van der Waals surface area contributed by atoms with E-state index < -0.39 is 17.7 Å². The summed E-state index contributed by atoms with van der Waals surface area (Å²) in [4.78, 5) is 18.1. The van der Waals surface area contributed by atoms with Gasteiger partial charge in [-0.25, -0.2) is 9.37 Å². The summed E-state index contributed by atoms with van der Waals surface area (Å²) in [6, 6.07) is 11.9. The third-order valence-corrected chi connectivity index (χ3v) is 6.09. The van der Waals surface area contributed by atoms with E-state index in [-0.39, 0.29) is 29.1 Å². The first-order chi connectivity index (χ1) is 16.1. The van der Waals surface area contributed by atoms with Crippen LogP contribution in [-0.4, -0.2) is 37.1 Å². The first kappa shape index (κ1) is 23.8.